The summed E-state index contributed by atoms with van der Waals surface area (Å²) in [5.74, 6) is 0.258. The van der Waals surface area contributed by atoms with E-state index >= 15 is 0 Å². The number of nitrogens with zero attached hydrogens (tertiary/aromatic N) is 2. The molecule has 0 radical (unpaired) electrons. The molecule has 0 spiro atoms. The molecule has 0 aliphatic carbocycles. The Morgan fingerprint density at radius 2 is 2.24 bits per heavy atom. The minimum atomic E-state index is -0.409. The lowest BCUT2D eigenvalue weighted by Crippen LogP contribution is -2.13. The Labute approximate surface area is 103 Å². The van der Waals surface area contributed by atoms with Crippen LogP contribution in [0, 0.1) is 13.8 Å². The molecule has 0 bridgehead atoms. The molecule has 5 nitrogen and oxygen atoms in total. The van der Waals surface area contributed by atoms with Crippen molar-refractivity contribution in [1.82, 2.24) is 9.97 Å². The van der Waals surface area contributed by atoms with Gasteiger partial charge < -0.3 is 4.42 Å². The van der Waals surface area contributed by atoms with Gasteiger partial charge in [-0.3, -0.25) is 15.1 Å². The van der Waals surface area contributed by atoms with Crippen LogP contribution in [0.2, 0.25) is 5.02 Å². The van der Waals surface area contributed by atoms with E-state index in [4.69, 9.17) is 16.0 Å². The molecule has 0 unspecified atom stereocenters. The van der Waals surface area contributed by atoms with Crippen molar-refractivity contribution in [2.24, 2.45) is 0 Å². The van der Waals surface area contributed by atoms with Crippen LogP contribution in [-0.4, -0.2) is 15.9 Å². The summed E-state index contributed by atoms with van der Waals surface area (Å²) in [4.78, 5) is 19.7. The summed E-state index contributed by atoms with van der Waals surface area (Å²) in [5, 5.41) is 2.96. The third-order valence-corrected chi connectivity index (χ3v) is 2.44. The number of halogens is 1. The molecular formula is C11H10ClN3O2. The summed E-state index contributed by atoms with van der Waals surface area (Å²) in [5.41, 5.74) is 0.949. The first kappa shape index (κ1) is 11.6. The minimum absolute atomic E-state index is 0.159. The van der Waals surface area contributed by atoms with E-state index in [2.05, 4.69) is 15.3 Å². The molecule has 0 saturated carbocycles. The van der Waals surface area contributed by atoms with Gasteiger partial charge in [0.2, 0.25) is 0 Å². The Morgan fingerprint density at radius 1 is 1.47 bits per heavy atom. The van der Waals surface area contributed by atoms with Crippen molar-refractivity contribution in [3.63, 3.8) is 0 Å². The van der Waals surface area contributed by atoms with Crippen molar-refractivity contribution in [2.45, 2.75) is 13.8 Å². The molecule has 0 aromatic carbocycles. The maximum absolute atomic E-state index is 11.8. The lowest BCUT2D eigenvalue weighted by molar-refractivity contribution is 0.101. The van der Waals surface area contributed by atoms with Crippen LogP contribution in [0.4, 0.5) is 6.01 Å². The molecule has 6 heteroatoms. The molecule has 2 aromatic rings. The van der Waals surface area contributed by atoms with Crippen LogP contribution in [-0.2, 0) is 0 Å². The highest BCUT2D eigenvalue weighted by Crippen LogP contribution is 2.14. The van der Waals surface area contributed by atoms with Crippen LogP contribution in [0.1, 0.15) is 21.9 Å². The minimum Gasteiger partial charge on any atom is -0.428 e. The van der Waals surface area contributed by atoms with Crippen molar-refractivity contribution in [3.05, 3.63) is 40.5 Å². The van der Waals surface area contributed by atoms with Crippen molar-refractivity contribution in [1.29, 1.82) is 0 Å². The maximum Gasteiger partial charge on any atom is 0.302 e. The number of carbonyl (C=O) groups is 1. The molecule has 17 heavy (non-hydrogen) atoms. The van der Waals surface area contributed by atoms with Crippen LogP contribution < -0.4 is 5.32 Å². The summed E-state index contributed by atoms with van der Waals surface area (Å²) >= 11 is 5.76. The lowest BCUT2D eigenvalue weighted by Gasteiger charge is -1.99. The zero-order valence-corrected chi connectivity index (χ0v) is 10.1. The van der Waals surface area contributed by atoms with Gasteiger partial charge in [0.05, 0.1) is 5.69 Å². The molecule has 0 aliphatic heterocycles. The highest BCUT2D eigenvalue weighted by molar-refractivity contribution is 6.30. The number of hydrogen-bond acceptors (Lipinski definition) is 4. The van der Waals surface area contributed by atoms with Gasteiger partial charge in [-0.1, -0.05) is 11.6 Å². The summed E-state index contributed by atoms with van der Waals surface area (Å²) in [6.07, 6.45) is 1.46. The fourth-order valence-corrected chi connectivity index (χ4v) is 1.38. The molecule has 88 valence electrons. The van der Waals surface area contributed by atoms with Gasteiger partial charge in [0.25, 0.3) is 5.91 Å². The standard InChI is InChI=1S/C11H10ClN3O2/c1-6-7(2)17-11(14-6)15-10(16)9-5-8(12)3-4-13-9/h3-5H,1-2H3,(H,14,15,16). The average molecular weight is 252 g/mol. The Morgan fingerprint density at radius 3 is 2.82 bits per heavy atom. The first-order valence-electron chi connectivity index (χ1n) is 4.93. The van der Waals surface area contributed by atoms with E-state index < -0.39 is 5.91 Å². The largest absolute Gasteiger partial charge is 0.428 e. The summed E-state index contributed by atoms with van der Waals surface area (Å²) in [7, 11) is 0. The van der Waals surface area contributed by atoms with E-state index in [1.165, 1.54) is 12.3 Å². The number of aromatic nitrogens is 2. The number of aryl methyl sites for hydroxylation is 2. The van der Waals surface area contributed by atoms with Crippen molar-refractivity contribution in [3.8, 4) is 0 Å². The molecule has 1 amide bonds. The Bertz CT molecular complexity index is 546. The van der Waals surface area contributed by atoms with Gasteiger partial charge in [0.15, 0.2) is 0 Å². The second-order valence-electron chi connectivity index (χ2n) is 3.47. The fourth-order valence-electron chi connectivity index (χ4n) is 1.22. The van der Waals surface area contributed by atoms with Crippen LogP contribution in [0.5, 0.6) is 0 Å². The number of carbonyl (C=O) groups excluding carboxylic acids is 1. The molecule has 2 aromatic heterocycles. The van der Waals surface area contributed by atoms with E-state index in [-0.39, 0.29) is 11.7 Å². The molecule has 0 atom stereocenters. The molecule has 0 saturated heterocycles. The van der Waals surface area contributed by atoms with Crippen LogP contribution in [0.25, 0.3) is 0 Å². The highest BCUT2D eigenvalue weighted by Gasteiger charge is 2.12. The second-order valence-corrected chi connectivity index (χ2v) is 3.91. The predicted molar refractivity (Wildman–Crippen MR) is 63.2 cm³/mol. The number of pyridine rings is 1. The second kappa shape index (κ2) is 4.55. The van der Waals surface area contributed by atoms with E-state index in [0.29, 0.717) is 10.8 Å². The molecule has 1 N–H and O–H groups in total. The van der Waals surface area contributed by atoms with Gasteiger partial charge in [-0.25, -0.2) is 0 Å². The van der Waals surface area contributed by atoms with Gasteiger partial charge in [0, 0.05) is 11.2 Å². The van der Waals surface area contributed by atoms with E-state index in [9.17, 15) is 4.79 Å². The van der Waals surface area contributed by atoms with Crippen LogP contribution in [0.3, 0.4) is 0 Å². The predicted octanol–water partition coefficient (Wildman–Crippen LogP) is 2.59. The summed E-state index contributed by atoms with van der Waals surface area (Å²) in [6, 6.07) is 3.23. The monoisotopic (exact) mass is 251 g/mol. The number of nitrogens with one attached hydrogen (secondary N) is 1. The average Bonchev–Trinajstić information content (AvgIpc) is 2.58. The van der Waals surface area contributed by atoms with Gasteiger partial charge in [-0.15, -0.1) is 0 Å². The van der Waals surface area contributed by atoms with Crippen molar-refractivity contribution in [2.75, 3.05) is 5.32 Å². The molecule has 2 heterocycles. The number of anilines is 1. The summed E-state index contributed by atoms with van der Waals surface area (Å²) in [6.45, 7) is 3.57. The fraction of sp³-hybridized carbons (Fsp3) is 0.182. The van der Waals surface area contributed by atoms with E-state index in [1.54, 1.807) is 19.9 Å². The van der Waals surface area contributed by atoms with Crippen LogP contribution >= 0.6 is 11.6 Å². The molecular weight excluding hydrogens is 242 g/mol. The normalized spacial score (nSPS) is 10.3. The number of hydrogen-bond donors (Lipinski definition) is 1. The van der Waals surface area contributed by atoms with E-state index in [0.717, 1.165) is 5.69 Å². The number of rotatable bonds is 2. The molecule has 2 rings (SSSR count). The summed E-state index contributed by atoms with van der Waals surface area (Å²) < 4.78 is 5.23. The van der Waals surface area contributed by atoms with Gasteiger partial charge in [-0.2, -0.15) is 4.98 Å². The third-order valence-electron chi connectivity index (χ3n) is 2.20. The number of amides is 1. The quantitative estimate of drug-likeness (QED) is 0.891. The maximum atomic E-state index is 11.8. The lowest BCUT2D eigenvalue weighted by atomic mass is 10.3. The SMILES string of the molecule is Cc1nc(NC(=O)c2cc(Cl)ccn2)oc1C. The van der Waals surface area contributed by atoms with Crippen molar-refractivity contribution >= 4 is 23.5 Å². The van der Waals surface area contributed by atoms with Gasteiger partial charge >= 0.3 is 6.01 Å². The first-order chi connectivity index (χ1) is 8.06. The number of oxazole rings is 1. The zero-order valence-electron chi connectivity index (χ0n) is 9.32. The Balaban J connectivity index is 2.17. The molecule has 0 fully saturated rings. The highest BCUT2D eigenvalue weighted by atomic mass is 35.5. The smallest absolute Gasteiger partial charge is 0.302 e. The Kier molecular flexibility index (Phi) is 3.10. The van der Waals surface area contributed by atoms with Crippen molar-refractivity contribution < 1.29 is 9.21 Å². The first-order valence-corrected chi connectivity index (χ1v) is 5.31. The van der Waals surface area contributed by atoms with E-state index in [1.807, 2.05) is 0 Å². The van der Waals surface area contributed by atoms with Crippen LogP contribution in [0.15, 0.2) is 22.7 Å². The Hall–Kier alpha value is -1.88. The topological polar surface area (TPSA) is 68.0 Å². The molecule has 0 aliphatic rings. The third kappa shape index (κ3) is 2.62. The van der Waals surface area contributed by atoms with Gasteiger partial charge in [-0.05, 0) is 26.0 Å². The zero-order chi connectivity index (χ0) is 12.4. The van der Waals surface area contributed by atoms with Gasteiger partial charge in [0.1, 0.15) is 11.5 Å².